The van der Waals surface area contributed by atoms with E-state index < -0.39 is 0 Å². The van der Waals surface area contributed by atoms with Gasteiger partial charge in [-0.05, 0) is 24.6 Å². The molecule has 9 heteroatoms. The van der Waals surface area contributed by atoms with Crippen molar-refractivity contribution in [3.05, 3.63) is 23.8 Å². The lowest BCUT2D eigenvalue weighted by Gasteiger charge is -2.38. The molecular weight excluding hydrogens is 436 g/mol. The molecule has 3 heterocycles. The van der Waals surface area contributed by atoms with Gasteiger partial charge in [0.05, 0.1) is 25.9 Å². The summed E-state index contributed by atoms with van der Waals surface area (Å²) in [5.74, 6) is 1.69. The quantitative estimate of drug-likeness (QED) is 0.552. The van der Waals surface area contributed by atoms with Crippen molar-refractivity contribution in [2.75, 3.05) is 85.3 Å². The van der Waals surface area contributed by atoms with Crippen molar-refractivity contribution in [1.29, 1.82) is 0 Å². The zero-order valence-electron chi connectivity index (χ0n) is 20.7. The second-order valence-corrected chi connectivity index (χ2v) is 9.39. The average molecular weight is 477 g/mol. The van der Waals surface area contributed by atoms with Crippen molar-refractivity contribution in [3.63, 3.8) is 0 Å². The van der Waals surface area contributed by atoms with E-state index in [0.29, 0.717) is 19.8 Å². The molecule has 3 aliphatic rings. The van der Waals surface area contributed by atoms with Crippen LogP contribution in [0.25, 0.3) is 0 Å². The Morgan fingerprint density at radius 2 is 1.79 bits per heavy atom. The van der Waals surface area contributed by atoms with Gasteiger partial charge in [0.15, 0.2) is 11.5 Å². The molecule has 0 aliphatic carbocycles. The maximum atomic E-state index is 11.6. The van der Waals surface area contributed by atoms with Crippen LogP contribution in [0.2, 0.25) is 0 Å². The Hall–Kier alpha value is -1.91. The van der Waals surface area contributed by atoms with Crippen LogP contribution in [-0.2, 0) is 16.1 Å². The Kier molecular flexibility index (Phi) is 9.02. The number of nitrogens with zero attached hydrogens (tertiary/aromatic N) is 4. The van der Waals surface area contributed by atoms with E-state index in [-0.39, 0.29) is 18.1 Å². The van der Waals surface area contributed by atoms with Crippen LogP contribution >= 0.6 is 0 Å². The van der Waals surface area contributed by atoms with E-state index in [0.717, 1.165) is 89.2 Å². The van der Waals surface area contributed by atoms with Crippen molar-refractivity contribution >= 4 is 5.91 Å². The number of β-amino-alcohol motifs (C(OH)–C–C–N with tert-alkyl or cyclic N) is 1. The maximum absolute atomic E-state index is 11.6. The number of aliphatic hydroxyl groups is 1. The normalized spacial score (nSPS) is 25.0. The standard InChI is InChI=1S/C25H40N4O5/c1-3-33-25-16-21(4-5-24(25)34-15-12-26-10-13-32-14-11-26)17-27-18-22(23(31)19-27)29-8-6-28(7-9-29)20(2)30/h4-5,16,22-23,31H,3,6-15,17-19H2,1-2H3/t22-,23-/m0/s1. The van der Waals surface area contributed by atoms with Crippen LogP contribution in [0.5, 0.6) is 11.5 Å². The number of carbonyl (C=O) groups excluding carboxylic acids is 1. The van der Waals surface area contributed by atoms with Gasteiger partial charge < -0.3 is 24.2 Å². The maximum Gasteiger partial charge on any atom is 0.219 e. The highest BCUT2D eigenvalue weighted by atomic mass is 16.5. The first-order chi connectivity index (χ1) is 16.5. The summed E-state index contributed by atoms with van der Waals surface area (Å²) in [4.78, 5) is 20.5. The monoisotopic (exact) mass is 476 g/mol. The third-order valence-corrected chi connectivity index (χ3v) is 7.05. The molecule has 0 spiro atoms. The molecule has 3 aliphatic heterocycles. The number of hydrogen-bond donors (Lipinski definition) is 1. The van der Waals surface area contributed by atoms with Gasteiger partial charge in [-0.1, -0.05) is 6.07 Å². The number of amides is 1. The molecule has 1 amide bonds. The Morgan fingerprint density at radius 3 is 2.50 bits per heavy atom. The highest BCUT2D eigenvalue weighted by molar-refractivity contribution is 5.73. The summed E-state index contributed by atoms with van der Waals surface area (Å²) in [5, 5.41) is 10.7. The summed E-state index contributed by atoms with van der Waals surface area (Å²) in [5.41, 5.74) is 1.15. The van der Waals surface area contributed by atoms with Crippen molar-refractivity contribution in [3.8, 4) is 11.5 Å². The number of ether oxygens (including phenoxy) is 3. The number of piperazine rings is 1. The molecule has 1 N–H and O–H groups in total. The molecule has 0 radical (unpaired) electrons. The van der Waals surface area contributed by atoms with Gasteiger partial charge in [-0.3, -0.25) is 19.5 Å². The van der Waals surface area contributed by atoms with Crippen LogP contribution in [-0.4, -0.2) is 128 Å². The fourth-order valence-corrected chi connectivity index (χ4v) is 5.11. The molecule has 9 nitrogen and oxygen atoms in total. The number of rotatable bonds is 9. The van der Waals surface area contributed by atoms with E-state index in [1.165, 1.54) is 0 Å². The topological polar surface area (TPSA) is 78.0 Å². The van der Waals surface area contributed by atoms with Gasteiger partial charge in [0.25, 0.3) is 0 Å². The van der Waals surface area contributed by atoms with E-state index in [9.17, 15) is 9.90 Å². The smallest absolute Gasteiger partial charge is 0.219 e. The predicted octanol–water partition coefficient (Wildman–Crippen LogP) is 0.506. The molecule has 3 saturated heterocycles. The summed E-state index contributed by atoms with van der Waals surface area (Å²) >= 11 is 0. The van der Waals surface area contributed by atoms with Gasteiger partial charge in [0, 0.05) is 78.4 Å². The second kappa shape index (κ2) is 12.2. The number of morpholine rings is 1. The predicted molar refractivity (Wildman–Crippen MR) is 129 cm³/mol. The average Bonchev–Trinajstić information content (AvgIpc) is 3.21. The van der Waals surface area contributed by atoms with Gasteiger partial charge in [0.1, 0.15) is 6.61 Å². The Labute approximate surface area is 203 Å². The lowest BCUT2D eigenvalue weighted by Crippen LogP contribution is -2.54. The van der Waals surface area contributed by atoms with Crippen molar-refractivity contribution < 1.29 is 24.1 Å². The number of hydrogen-bond acceptors (Lipinski definition) is 8. The van der Waals surface area contributed by atoms with Crippen LogP contribution in [0.1, 0.15) is 19.4 Å². The SMILES string of the molecule is CCOc1cc(CN2C[C@H](O)[C@@H](N3CCN(C(C)=O)CC3)C2)ccc1OCCN1CCOCC1. The van der Waals surface area contributed by atoms with E-state index in [4.69, 9.17) is 14.2 Å². The van der Waals surface area contributed by atoms with E-state index in [1.54, 1.807) is 6.92 Å². The second-order valence-electron chi connectivity index (χ2n) is 9.39. The zero-order chi connectivity index (χ0) is 23.9. The van der Waals surface area contributed by atoms with Gasteiger partial charge in [-0.25, -0.2) is 0 Å². The first-order valence-electron chi connectivity index (χ1n) is 12.6. The van der Waals surface area contributed by atoms with Gasteiger partial charge in [0.2, 0.25) is 5.91 Å². The van der Waals surface area contributed by atoms with Crippen LogP contribution in [0.3, 0.4) is 0 Å². The first kappa shape index (κ1) is 25.2. The molecule has 0 unspecified atom stereocenters. The molecule has 190 valence electrons. The summed E-state index contributed by atoms with van der Waals surface area (Å²) in [6.07, 6.45) is -0.377. The van der Waals surface area contributed by atoms with Crippen molar-refractivity contribution in [1.82, 2.24) is 19.6 Å². The highest BCUT2D eigenvalue weighted by Crippen LogP contribution is 2.30. The minimum Gasteiger partial charge on any atom is -0.490 e. The molecular formula is C25H40N4O5. The molecule has 0 saturated carbocycles. The molecule has 1 aromatic rings. The summed E-state index contributed by atoms with van der Waals surface area (Å²) in [6, 6.07) is 6.28. The minimum absolute atomic E-state index is 0.114. The summed E-state index contributed by atoms with van der Waals surface area (Å²) in [6.45, 7) is 14.5. The zero-order valence-corrected chi connectivity index (χ0v) is 20.7. The van der Waals surface area contributed by atoms with Crippen LogP contribution in [0.15, 0.2) is 18.2 Å². The van der Waals surface area contributed by atoms with Gasteiger partial charge in [-0.2, -0.15) is 0 Å². The lowest BCUT2D eigenvalue weighted by atomic mass is 10.1. The Balaban J connectivity index is 1.29. The lowest BCUT2D eigenvalue weighted by molar-refractivity contribution is -0.131. The number of aliphatic hydroxyl groups excluding tert-OH is 1. The van der Waals surface area contributed by atoms with E-state index in [2.05, 4.69) is 26.8 Å². The van der Waals surface area contributed by atoms with Crippen molar-refractivity contribution in [2.45, 2.75) is 32.5 Å². The van der Waals surface area contributed by atoms with Gasteiger partial charge in [-0.15, -0.1) is 0 Å². The number of likely N-dealkylation sites (tertiary alicyclic amines) is 1. The molecule has 34 heavy (non-hydrogen) atoms. The fraction of sp³-hybridized carbons (Fsp3) is 0.720. The van der Waals surface area contributed by atoms with Crippen LogP contribution in [0, 0.1) is 0 Å². The van der Waals surface area contributed by atoms with E-state index >= 15 is 0 Å². The Morgan fingerprint density at radius 1 is 1.03 bits per heavy atom. The molecule has 2 atom stereocenters. The minimum atomic E-state index is -0.377. The Bertz CT molecular complexity index is 796. The molecule has 0 bridgehead atoms. The summed E-state index contributed by atoms with van der Waals surface area (Å²) in [7, 11) is 0. The van der Waals surface area contributed by atoms with E-state index in [1.807, 2.05) is 17.9 Å². The fourth-order valence-electron chi connectivity index (χ4n) is 5.11. The third-order valence-electron chi connectivity index (χ3n) is 7.05. The third kappa shape index (κ3) is 6.60. The largest absolute Gasteiger partial charge is 0.490 e. The summed E-state index contributed by atoms with van der Waals surface area (Å²) < 4.78 is 17.3. The molecule has 0 aromatic heterocycles. The van der Waals surface area contributed by atoms with Crippen molar-refractivity contribution in [2.24, 2.45) is 0 Å². The first-order valence-corrected chi connectivity index (χ1v) is 12.6. The molecule has 1 aromatic carbocycles. The molecule has 3 fully saturated rings. The highest BCUT2D eigenvalue weighted by Gasteiger charge is 2.37. The number of carbonyl (C=O) groups is 1. The van der Waals surface area contributed by atoms with Crippen LogP contribution < -0.4 is 9.47 Å². The molecule has 4 rings (SSSR count). The number of benzene rings is 1. The van der Waals surface area contributed by atoms with Crippen LogP contribution in [0.4, 0.5) is 0 Å². The van der Waals surface area contributed by atoms with Gasteiger partial charge >= 0.3 is 0 Å².